The molecule has 6 nitrogen and oxygen atoms in total. The Kier molecular flexibility index (Phi) is 5.17. The smallest absolute Gasteiger partial charge is 0.410 e. The van der Waals surface area contributed by atoms with E-state index in [0.29, 0.717) is 26.0 Å². The van der Waals surface area contributed by atoms with Gasteiger partial charge in [-0.3, -0.25) is 4.79 Å². The Labute approximate surface area is 113 Å². The van der Waals surface area contributed by atoms with Gasteiger partial charge in [0.05, 0.1) is 18.6 Å². The summed E-state index contributed by atoms with van der Waals surface area (Å²) in [6, 6.07) is -0.241. The minimum absolute atomic E-state index is 0.241. The zero-order valence-electron chi connectivity index (χ0n) is 12.0. The van der Waals surface area contributed by atoms with E-state index >= 15 is 0 Å². The SMILES string of the molecule is COCC1CC(C(=O)O)CCN1C(=O)OC(C)(C)C. The number of nitrogens with zero attached hydrogens (tertiary/aromatic N) is 1. The Morgan fingerprint density at radius 2 is 2.00 bits per heavy atom. The van der Waals surface area contributed by atoms with E-state index in [1.54, 1.807) is 25.7 Å². The van der Waals surface area contributed by atoms with Gasteiger partial charge in [0, 0.05) is 13.7 Å². The van der Waals surface area contributed by atoms with Crippen molar-refractivity contribution in [2.45, 2.75) is 45.3 Å². The number of amides is 1. The molecule has 1 aliphatic rings. The average molecular weight is 273 g/mol. The molecule has 0 radical (unpaired) electrons. The standard InChI is InChI=1S/C13H23NO5/c1-13(2,3)19-12(17)14-6-5-9(11(15)16)7-10(14)8-18-4/h9-10H,5-8H2,1-4H3,(H,15,16). The molecule has 2 unspecified atom stereocenters. The lowest BCUT2D eigenvalue weighted by atomic mass is 9.91. The van der Waals surface area contributed by atoms with E-state index in [2.05, 4.69) is 0 Å². The van der Waals surface area contributed by atoms with Crippen molar-refractivity contribution in [1.82, 2.24) is 4.90 Å². The van der Waals surface area contributed by atoms with Gasteiger partial charge in [0.1, 0.15) is 5.60 Å². The highest BCUT2D eigenvalue weighted by Gasteiger charge is 2.36. The first-order valence-electron chi connectivity index (χ1n) is 6.46. The van der Waals surface area contributed by atoms with E-state index in [1.807, 2.05) is 0 Å². The normalized spacial score (nSPS) is 24.1. The topological polar surface area (TPSA) is 76.1 Å². The second kappa shape index (κ2) is 6.23. The van der Waals surface area contributed by atoms with Gasteiger partial charge in [-0.15, -0.1) is 0 Å². The fourth-order valence-electron chi connectivity index (χ4n) is 2.19. The van der Waals surface area contributed by atoms with Crippen LogP contribution < -0.4 is 0 Å². The van der Waals surface area contributed by atoms with E-state index in [9.17, 15) is 9.59 Å². The van der Waals surface area contributed by atoms with E-state index in [4.69, 9.17) is 14.6 Å². The number of carbonyl (C=O) groups excluding carboxylic acids is 1. The molecular formula is C13H23NO5. The first-order valence-corrected chi connectivity index (χ1v) is 6.46. The van der Waals surface area contributed by atoms with Crippen LogP contribution in [-0.2, 0) is 14.3 Å². The van der Waals surface area contributed by atoms with Crippen LogP contribution in [0.25, 0.3) is 0 Å². The third kappa shape index (κ3) is 4.70. The van der Waals surface area contributed by atoms with Crippen molar-refractivity contribution in [3.8, 4) is 0 Å². The lowest BCUT2D eigenvalue weighted by Gasteiger charge is -2.38. The highest BCUT2D eigenvalue weighted by Crippen LogP contribution is 2.25. The molecule has 0 saturated carbocycles. The van der Waals surface area contributed by atoms with E-state index < -0.39 is 23.6 Å². The van der Waals surface area contributed by atoms with Gasteiger partial charge in [-0.05, 0) is 33.6 Å². The number of aliphatic carboxylic acids is 1. The van der Waals surface area contributed by atoms with Crippen LogP contribution in [0.1, 0.15) is 33.6 Å². The van der Waals surface area contributed by atoms with E-state index in [-0.39, 0.29) is 6.04 Å². The third-order valence-corrected chi connectivity index (χ3v) is 3.05. The van der Waals surface area contributed by atoms with Gasteiger partial charge < -0.3 is 19.5 Å². The summed E-state index contributed by atoms with van der Waals surface area (Å²) in [6.07, 6.45) is 0.454. The number of methoxy groups -OCH3 is 1. The molecule has 1 amide bonds. The monoisotopic (exact) mass is 273 g/mol. The molecule has 1 saturated heterocycles. The summed E-state index contributed by atoms with van der Waals surface area (Å²) in [4.78, 5) is 24.7. The predicted octanol–water partition coefficient (Wildman–Crippen LogP) is 1.73. The van der Waals surface area contributed by atoms with Gasteiger partial charge in [-0.1, -0.05) is 0 Å². The van der Waals surface area contributed by atoms with E-state index in [0.717, 1.165) is 0 Å². The van der Waals surface area contributed by atoms with Crippen molar-refractivity contribution in [3.63, 3.8) is 0 Å². The Morgan fingerprint density at radius 3 is 2.47 bits per heavy atom. The average Bonchev–Trinajstić information content (AvgIpc) is 2.26. The summed E-state index contributed by atoms with van der Waals surface area (Å²) in [7, 11) is 1.54. The minimum atomic E-state index is -0.815. The summed E-state index contributed by atoms with van der Waals surface area (Å²) in [5.41, 5.74) is -0.557. The second-order valence-electron chi connectivity index (χ2n) is 5.84. The molecule has 0 aliphatic carbocycles. The number of carboxylic acids is 1. The van der Waals surface area contributed by atoms with Gasteiger partial charge in [0.2, 0.25) is 0 Å². The molecule has 0 bridgehead atoms. The summed E-state index contributed by atoms with van der Waals surface area (Å²) >= 11 is 0. The summed E-state index contributed by atoms with van der Waals surface area (Å²) in [5, 5.41) is 9.06. The highest BCUT2D eigenvalue weighted by atomic mass is 16.6. The number of carboxylic acid groups (broad SMARTS) is 1. The van der Waals surface area contributed by atoms with Crippen LogP contribution in [-0.4, -0.2) is 54.0 Å². The number of likely N-dealkylation sites (tertiary alicyclic amines) is 1. The number of rotatable bonds is 3. The van der Waals surface area contributed by atoms with Crippen molar-refractivity contribution in [2.24, 2.45) is 5.92 Å². The summed E-state index contributed by atoms with van der Waals surface area (Å²) in [6.45, 7) is 6.13. The Balaban J connectivity index is 2.71. The molecule has 110 valence electrons. The molecule has 2 atom stereocenters. The number of hydrogen-bond donors (Lipinski definition) is 1. The van der Waals surface area contributed by atoms with Gasteiger partial charge in [0.15, 0.2) is 0 Å². The molecule has 1 fully saturated rings. The minimum Gasteiger partial charge on any atom is -0.481 e. The Morgan fingerprint density at radius 1 is 1.37 bits per heavy atom. The van der Waals surface area contributed by atoms with Crippen LogP contribution in [0.2, 0.25) is 0 Å². The third-order valence-electron chi connectivity index (χ3n) is 3.05. The number of ether oxygens (including phenoxy) is 2. The number of piperidine rings is 1. The zero-order valence-corrected chi connectivity index (χ0v) is 12.0. The molecule has 1 heterocycles. The molecular weight excluding hydrogens is 250 g/mol. The molecule has 0 aromatic rings. The van der Waals surface area contributed by atoms with Gasteiger partial charge in [0.25, 0.3) is 0 Å². The quantitative estimate of drug-likeness (QED) is 0.847. The Bertz CT molecular complexity index is 336. The summed E-state index contributed by atoms with van der Waals surface area (Å²) in [5.74, 6) is -1.23. The molecule has 1 aliphatic heterocycles. The second-order valence-corrected chi connectivity index (χ2v) is 5.84. The molecule has 0 aromatic heterocycles. The molecule has 6 heteroatoms. The van der Waals surface area contributed by atoms with Crippen molar-refractivity contribution < 1.29 is 24.2 Å². The zero-order chi connectivity index (χ0) is 14.6. The molecule has 0 aromatic carbocycles. The molecule has 19 heavy (non-hydrogen) atoms. The van der Waals surface area contributed by atoms with Gasteiger partial charge >= 0.3 is 12.1 Å². The van der Waals surface area contributed by atoms with Crippen LogP contribution in [0.5, 0.6) is 0 Å². The van der Waals surface area contributed by atoms with Crippen molar-refractivity contribution in [2.75, 3.05) is 20.3 Å². The number of hydrogen-bond acceptors (Lipinski definition) is 4. The highest BCUT2D eigenvalue weighted by molar-refractivity contribution is 5.72. The summed E-state index contributed by atoms with van der Waals surface area (Å²) < 4.78 is 10.4. The predicted molar refractivity (Wildman–Crippen MR) is 69.0 cm³/mol. The molecule has 0 spiro atoms. The Hall–Kier alpha value is -1.30. The first kappa shape index (κ1) is 15.8. The van der Waals surface area contributed by atoms with Crippen LogP contribution in [0, 0.1) is 5.92 Å². The molecule has 1 rings (SSSR count). The largest absolute Gasteiger partial charge is 0.481 e. The fourth-order valence-corrected chi connectivity index (χ4v) is 2.19. The van der Waals surface area contributed by atoms with Gasteiger partial charge in [-0.2, -0.15) is 0 Å². The van der Waals surface area contributed by atoms with E-state index in [1.165, 1.54) is 7.11 Å². The maximum Gasteiger partial charge on any atom is 0.410 e. The molecule has 1 N–H and O–H groups in total. The maximum absolute atomic E-state index is 12.1. The van der Waals surface area contributed by atoms with Crippen molar-refractivity contribution in [3.05, 3.63) is 0 Å². The van der Waals surface area contributed by atoms with Crippen LogP contribution in [0.4, 0.5) is 4.79 Å². The maximum atomic E-state index is 12.1. The lowest BCUT2D eigenvalue weighted by Crippen LogP contribution is -2.50. The van der Waals surface area contributed by atoms with Crippen LogP contribution in [0.15, 0.2) is 0 Å². The lowest BCUT2D eigenvalue weighted by molar-refractivity contribution is -0.144. The van der Waals surface area contributed by atoms with Gasteiger partial charge in [-0.25, -0.2) is 4.79 Å². The van der Waals surface area contributed by atoms with Crippen molar-refractivity contribution in [1.29, 1.82) is 0 Å². The van der Waals surface area contributed by atoms with Crippen molar-refractivity contribution >= 4 is 12.1 Å². The number of carbonyl (C=O) groups is 2. The first-order chi connectivity index (χ1) is 8.74. The van der Waals surface area contributed by atoms with Crippen LogP contribution in [0.3, 0.4) is 0 Å². The van der Waals surface area contributed by atoms with Crippen LogP contribution >= 0.6 is 0 Å². The fraction of sp³-hybridized carbons (Fsp3) is 0.846.